The molecule has 0 N–H and O–H groups in total. The SMILES string of the molecule is CC(C)C1C(=O)N2C=CC=CC2N(c2cccc(C(F)(F)F)c2)C1=O. The quantitative estimate of drug-likeness (QED) is 0.765. The molecule has 1 saturated heterocycles. The van der Waals surface area contributed by atoms with Crippen molar-refractivity contribution in [1.82, 2.24) is 4.90 Å². The first-order chi connectivity index (χ1) is 11.7. The summed E-state index contributed by atoms with van der Waals surface area (Å²) in [5, 5.41) is 0. The standard InChI is InChI=1S/C18H17F3N2O2/c1-11(2)15-16(24)22-9-4-3-8-14(22)23(17(15)25)13-7-5-6-12(10-13)18(19,20)21/h3-11,14-15H,1-2H3. The molecule has 0 spiro atoms. The highest BCUT2D eigenvalue weighted by Crippen LogP contribution is 2.36. The van der Waals surface area contributed by atoms with Crippen LogP contribution in [0, 0.1) is 11.8 Å². The van der Waals surface area contributed by atoms with E-state index < -0.39 is 29.7 Å². The molecule has 2 amide bonds. The fraction of sp³-hybridized carbons (Fsp3) is 0.333. The number of nitrogens with zero attached hydrogens (tertiary/aromatic N) is 2. The minimum absolute atomic E-state index is 0.118. The number of anilines is 1. The van der Waals surface area contributed by atoms with Crippen molar-refractivity contribution < 1.29 is 22.8 Å². The number of hydrogen-bond donors (Lipinski definition) is 0. The molecule has 0 saturated carbocycles. The van der Waals surface area contributed by atoms with E-state index in [2.05, 4.69) is 0 Å². The molecule has 0 radical (unpaired) electrons. The Morgan fingerprint density at radius 2 is 1.80 bits per heavy atom. The van der Waals surface area contributed by atoms with Crippen LogP contribution in [0.4, 0.5) is 18.9 Å². The van der Waals surface area contributed by atoms with Gasteiger partial charge in [0.1, 0.15) is 12.1 Å². The van der Waals surface area contributed by atoms with E-state index in [0.29, 0.717) is 0 Å². The minimum atomic E-state index is -4.51. The van der Waals surface area contributed by atoms with E-state index in [1.165, 1.54) is 21.9 Å². The first kappa shape index (κ1) is 17.3. The van der Waals surface area contributed by atoms with Crippen LogP contribution in [0.5, 0.6) is 0 Å². The number of benzene rings is 1. The lowest BCUT2D eigenvalue weighted by atomic mass is 9.89. The second-order valence-electron chi connectivity index (χ2n) is 6.36. The summed E-state index contributed by atoms with van der Waals surface area (Å²) in [4.78, 5) is 28.2. The van der Waals surface area contributed by atoms with Crippen LogP contribution in [0.2, 0.25) is 0 Å². The highest BCUT2D eigenvalue weighted by molar-refractivity contribution is 6.11. The molecule has 0 aliphatic carbocycles. The van der Waals surface area contributed by atoms with Gasteiger partial charge in [-0.2, -0.15) is 13.2 Å². The molecule has 3 rings (SSSR count). The van der Waals surface area contributed by atoms with Gasteiger partial charge in [-0.05, 0) is 36.3 Å². The summed E-state index contributed by atoms with van der Waals surface area (Å²) >= 11 is 0. The number of fused-ring (bicyclic) bond motifs is 1. The van der Waals surface area contributed by atoms with Crippen molar-refractivity contribution >= 4 is 17.5 Å². The van der Waals surface area contributed by atoms with Crippen molar-refractivity contribution in [3.05, 3.63) is 54.3 Å². The molecule has 4 nitrogen and oxygen atoms in total. The maximum atomic E-state index is 13.0. The van der Waals surface area contributed by atoms with Gasteiger partial charge in [0.25, 0.3) is 0 Å². The minimum Gasteiger partial charge on any atom is -0.293 e. The summed E-state index contributed by atoms with van der Waals surface area (Å²) in [5.41, 5.74) is -0.717. The van der Waals surface area contributed by atoms with Gasteiger partial charge in [0.05, 0.1) is 5.56 Å². The second kappa shape index (κ2) is 6.06. The summed E-state index contributed by atoms with van der Waals surface area (Å²) in [6.07, 6.45) is 1.22. The third-order valence-corrected chi connectivity index (χ3v) is 4.33. The lowest BCUT2D eigenvalue weighted by molar-refractivity contribution is -0.147. The summed E-state index contributed by atoms with van der Waals surface area (Å²) in [7, 11) is 0. The molecule has 1 aromatic carbocycles. The molecule has 7 heteroatoms. The monoisotopic (exact) mass is 350 g/mol. The van der Waals surface area contributed by atoms with Crippen LogP contribution >= 0.6 is 0 Å². The fourth-order valence-electron chi connectivity index (χ4n) is 3.13. The van der Waals surface area contributed by atoms with Crippen LogP contribution in [-0.2, 0) is 15.8 Å². The average molecular weight is 350 g/mol. The Balaban J connectivity index is 2.09. The highest BCUT2D eigenvalue weighted by atomic mass is 19.4. The van der Waals surface area contributed by atoms with E-state index in [9.17, 15) is 22.8 Å². The molecule has 0 bridgehead atoms. The molecule has 2 aliphatic heterocycles. The van der Waals surface area contributed by atoms with Gasteiger partial charge in [0.2, 0.25) is 11.8 Å². The second-order valence-corrected chi connectivity index (χ2v) is 6.36. The van der Waals surface area contributed by atoms with E-state index in [4.69, 9.17) is 0 Å². The molecule has 1 aromatic rings. The van der Waals surface area contributed by atoms with Crippen LogP contribution in [0.3, 0.4) is 0 Å². The lowest BCUT2D eigenvalue weighted by Gasteiger charge is -2.45. The van der Waals surface area contributed by atoms with Crippen molar-refractivity contribution in [2.24, 2.45) is 11.8 Å². The molecule has 2 unspecified atom stereocenters. The Morgan fingerprint density at radius 3 is 2.44 bits per heavy atom. The van der Waals surface area contributed by atoms with Crippen LogP contribution in [0.15, 0.2) is 48.7 Å². The molecule has 2 aliphatic rings. The predicted molar refractivity (Wildman–Crippen MR) is 86.2 cm³/mol. The van der Waals surface area contributed by atoms with E-state index in [-0.39, 0.29) is 17.5 Å². The third-order valence-electron chi connectivity index (χ3n) is 4.33. The molecule has 1 fully saturated rings. The number of alkyl halides is 3. The summed E-state index contributed by atoms with van der Waals surface area (Å²) in [6.45, 7) is 3.49. The van der Waals surface area contributed by atoms with E-state index in [1.807, 2.05) is 0 Å². The zero-order valence-corrected chi connectivity index (χ0v) is 13.7. The molecule has 2 heterocycles. The topological polar surface area (TPSA) is 40.6 Å². The van der Waals surface area contributed by atoms with Crippen LogP contribution in [0.1, 0.15) is 19.4 Å². The summed E-state index contributed by atoms with van der Waals surface area (Å²) in [6, 6.07) is 4.61. The number of carbonyl (C=O) groups is 2. The van der Waals surface area contributed by atoms with E-state index in [1.54, 1.807) is 38.3 Å². The number of halogens is 3. The Kier molecular flexibility index (Phi) is 4.18. The van der Waals surface area contributed by atoms with Crippen molar-refractivity contribution in [3.8, 4) is 0 Å². The lowest BCUT2D eigenvalue weighted by Crippen LogP contribution is -2.62. The average Bonchev–Trinajstić information content (AvgIpc) is 2.54. The molecule has 132 valence electrons. The molecular formula is C18H17F3N2O2. The Morgan fingerprint density at radius 1 is 1.08 bits per heavy atom. The Bertz CT molecular complexity index is 768. The third kappa shape index (κ3) is 2.94. The first-order valence-corrected chi connectivity index (χ1v) is 7.89. The largest absolute Gasteiger partial charge is 0.416 e. The zero-order chi connectivity index (χ0) is 18.4. The van der Waals surface area contributed by atoms with Gasteiger partial charge in [-0.1, -0.05) is 26.0 Å². The Labute approximate surface area is 143 Å². The van der Waals surface area contributed by atoms with Gasteiger partial charge < -0.3 is 0 Å². The van der Waals surface area contributed by atoms with Gasteiger partial charge >= 0.3 is 6.18 Å². The maximum Gasteiger partial charge on any atom is 0.416 e. The van der Waals surface area contributed by atoms with Crippen molar-refractivity contribution in [3.63, 3.8) is 0 Å². The fourth-order valence-corrected chi connectivity index (χ4v) is 3.13. The normalized spacial score (nSPS) is 23.4. The van der Waals surface area contributed by atoms with Gasteiger partial charge in [0, 0.05) is 11.9 Å². The van der Waals surface area contributed by atoms with Gasteiger partial charge in [-0.25, -0.2) is 0 Å². The van der Waals surface area contributed by atoms with Gasteiger partial charge in [-0.3, -0.25) is 19.4 Å². The zero-order valence-electron chi connectivity index (χ0n) is 13.7. The maximum absolute atomic E-state index is 13.0. The van der Waals surface area contributed by atoms with E-state index >= 15 is 0 Å². The van der Waals surface area contributed by atoms with Gasteiger partial charge in [0.15, 0.2) is 0 Å². The molecule has 2 atom stereocenters. The number of hydrogen-bond acceptors (Lipinski definition) is 2. The predicted octanol–water partition coefficient (Wildman–Crippen LogP) is 3.56. The van der Waals surface area contributed by atoms with Crippen molar-refractivity contribution in [2.45, 2.75) is 26.2 Å². The summed E-state index contributed by atoms with van der Waals surface area (Å²) < 4.78 is 39.1. The van der Waals surface area contributed by atoms with Crippen LogP contribution in [0.25, 0.3) is 0 Å². The van der Waals surface area contributed by atoms with Gasteiger partial charge in [-0.15, -0.1) is 0 Å². The van der Waals surface area contributed by atoms with Crippen molar-refractivity contribution in [2.75, 3.05) is 4.90 Å². The smallest absolute Gasteiger partial charge is 0.293 e. The summed E-state index contributed by atoms with van der Waals surface area (Å²) in [5.74, 6) is -2.02. The Hall–Kier alpha value is -2.57. The van der Waals surface area contributed by atoms with Crippen LogP contribution < -0.4 is 4.90 Å². The van der Waals surface area contributed by atoms with E-state index in [0.717, 1.165) is 12.1 Å². The molecule has 0 aromatic heterocycles. The number of allylic oxidation sites excluding steroid dienone is 2. The van der Waals surface area contributed by atoms with Crippen LogP contribution in [-0.4, -0.2) is 22.9 Å². The highest BCUT2D eigenvalue weighted by Gasteiger charge is 2.47. The van der Waals surface area contributed by atoms with Crippen molar-refractivity contribution in [1.29, 1.82) is 0 Å². The first-order valence-electron chi connectivity index (χ1n) is 7.89. The number of carbonyl (C=O) groups excluding carboxylic acids is 2. The molecular weight excluding hydrogens is 333 g/mol. The molecule has 25 heavy (non-hydrogen) atoms. The number of rotatable bonds is 2. The number of amides is 2.